The monoisotopic (exact) mass is 293 g/mol. The van der Waals surface area contributed by atoms with Crippen molar-refractivity contribution in [3.8, 4) is 0 Å². The van der Waals surface area contributed by atoms with Gasteiger partial charge in [0.05, 0.1) is 12.1 Å². The van der Waals surface area contributed by atoms with Gasteiger partial charge in [-0.25, -0.2) is 4.39 Å². The largest absolute Gasteiger partial charge is 0.394 e. The van der Waals surface area contributed by atoms with Crippen LogP contribution in [-0.2, 0) is 5.54 Å². The van der Waals surface area contributed by atoms with Crippen molar-refractivity contribution in [1.29, 1.82) is 0 Å². The Morgan fingerprint density at radius 2 is 1.90 bits per heavy atom. The molecule has 2 nitrogen and oxygen atoms in total. The molecule has 0 aliphatic heterocycles. The van der Waals surface area contributed by atoms with Gasteiger partial charge in [0.15, 0.2) is 0 Å². The molecule has 4 heteroatoms. The number of aliphatic hydroxyl groups is 1. The molecule has 0 bridgehead atoms. The van der Waals surface area contributed by atoms with Crippen molar-refractivity contribution < 1.29 is 9.50 Å². The molecule has 0 saturated carbocycles. The molecule has 2 aromatic carbocycles. The zero-order valence-corrected chi connectivity index (χ0v) is 12.0. The van der Waals surface area contributed by atoms with E-state index in [9.17, 15) is 9.50 Å². The van der Waals surface area contributed by atoms with E-state index in [-0.39, 0.29) is 12.4 Å². The van der Waals surface area contributed by atoms with Crippen molar-refractivity contribution in [3.63, 3.8) is 0 Å². The molecule has 1 atom stereocenters. The maximum atomic E-state index is 13.0. The van der Waals surface area contributed by atoms with Crippen LogP contribution in [0.3, 0.4) is 0 Å². The summed E-state index contributed by atoms with van der Waals surface area (Å²) in [5.74, 6) is -0.288. The highest BCUT2D eigenvalue weighted by molar-refractivity contribution is 6.30. The third kappa shape index (κ3) is 3.11. The summed E-state index contributed by atoms with van der Waals surface area (Å²) in [5.41, 5.74) is 1.02. The first-order chi connectivity index (χ1) is 9.59. The van der Waals surface area contributed by atoms with Gasteiger partial charge < -0.3 is 10.4 Å². The van der Waals surface area contributed by atoms with Crippen molar-refractivity contribution in [2.24, 2.45) is 0 Å². The van der Waals surface area contributed by atoms with Gasteiger partial charge in [0.25, 0.3) is 0 Å². The highest BCUT2D eigenvalue weighted by atomic mass is 35.5. The minimum absolute atomic E-state index is 0.0821. The number of rotatable bonds is 5. The Kier molecular flexibility index (Phi) is 4.63. The van der Waals surface area contributed by atoms with Crippen molar-refractivity contribution in [2.75, 3.05) is 11.9 Å². The second-order valence-corrected chi connectivity index (χ2v) is 5.17. The highest BCUT2D eigenvalue weighted by Crippen LogP contribution is 2.31. The number of aliphatic hydroxyl groups excluding tert-OH is 1. The second kappa shape index (κ2) is 6.25. The van der Waals surface area contributed by atoms with Crippen LogP contribution in [0.1, 0.15) is 18.9 Å². The molecule has 106 valence electrons. The van der Waals surface area contributed by atoms with Crippen LogP contribution in [0.4, 0.5) is 10.1 Å². The van der Waals surface area contributed by atoms with E-state index in [0.29, 0.717) is 11.4 Å². The third-order valence-corrected chi connectivity index (χ3v) is 3.71. The van der Waals surface area contributed by atoms with Gasteiger partial charge >= 0.3 is 0 Å². The maximum Gasteiger partial charge on any atom is 0.123 e. The number of halogens is 2. The van der Waals surface area contributed by atoms with Gasteiger partial charge in [-0.2, -0.15) is 0 Å². The Bertz CT molecular complexity index is 567. The van der Waals surface area contributed by atoms with Crippen LogP contribution in [0.15, 0.2) is 48.5 Å². The van der Waals surface area contributed by atoms with Crippen LogP contribution < -0.4 is 5.32 Å². The number of anilines is 1. The second-order valence-electron chi connectivity index (χ2n) is 4.74. The normalized spacial score (nSPS) is 13.8. The molecule has 0 amide bonds. The van der Waals surface area contributed by atoms with E-state index in [2.05, 4.69) is 5.32 Å². The number of nitrogens with one attached hydrogen (secondary N) is 1. The quantitative estimate of drug-likeness (QED) is 0.866. The molecule has 0 aromatic heterocycles. The lowest BCUT2D eigenvalue weighted by Gasteiger charge is -2.34. The molecular weight excluding hydrogens is 277 g/mol. The molecule has 0 saturated heterocycles. The first-order valence-corrected chi connectivity index (χ1v) is 6.88. The van der Waals surface area contributed by atoms with E-state index in [0.717, 1.165) is 11.3 Å². The van der Waals surface area contributed by atoms with Gasteiger partial charge in [0, 0.05) is 10.7 Å². The fraction of sp³-hybridized carbons (Fsp3) is 0.250. The molecule has 1 unspecified atom stereocenters. The zero-order valence-electron chi connectivity index (χ0n) is 11.2. The lowest BCUT2D eigenvalue weighted by atomic mass is 9.87. The Balaban J connectivity index is 2.36. The predicted molar refractivity (Wildman–Crippen MR) is 80.5 cm³/mol. The van der Waals surface area contributed by atoms with E-state index in [1.807, 2.05) is 25.1 Å². The number of benzene rings is 2. The van der Waals surface area contributed by atoms with Crippen molar-refractivity contribution in [3.05, 3.63) is 64.9 Å². The molecule has 2 aromatic rings. The molecule has 20 heavy (non-hydrogen) atoms. The predicted octanol–water partition coefficient (Wildman–Crippen LogP) is 4.19. The average molecular weight is 294 g/mol. The van der Waals surface area contributed by atoms with Gasteiger partial charge in [0.2, 0.25) is 0 Å². The molecule has 0 heterocycles. The number of hydrogen-bond donors (Lipinski definition) is 2. The van der Waals surface area contributed by atoms with Crippen LogP contribution in [0.25, 0.3) is 0 Å². The Hall–Kier alpha value is -1.58. The molecule has 0 aliphatic rings. The standard InChI is InChI=1S/C16H17ClFNO/c1-2-16(11-20,12-4-3-5-13(17)10-12)19-15-8-6-14(18)7-9-15/h3-10,19-20H,2,11H2,1H3. The van der Waals surface area contributed by atoms with Crippen molar-refractivity contribution >= 4 is 17.3 Å². The van der Waals surface area contributed by atoms with Crippen LogP contribution >= 0.6 is 11.6 Å². The summed E-state index contributed by atoms with van der Waals surface area (Å²) in [6.07, 6.45) is 0.668. The van der Waals surface area contributed by atoms with Gasteiger partial charge in [-0.05, 0) is 48.4 Å². The summed E-state index contributed by atoms with van der Waals surface area (Å²) < 4.78 is 13.0. The van der Waals surface area contributed by atoms with Gasteiger partial charge in [-0.3, -0.25) is 0 Å². The molecule has 0 radical (unpaired) electrons. The summed E-state index contributed by atoms with van der Waals surface area (Å²) in [6, 6.07) is 13.5. The minimum Gasteiger partial charge on any atom is -0.394 e. The van der Waals surface area contributed by atoms with Gasteiger partial charge in [-0.1, -0.05) is 30.7 Å². The third-order valence-electron chi connectivity index (χ3n) is 3.48. The highest BCUT2D eigenvalue weighted by Gasteiger charge is 2.29. The van der Waals surface area contributed by atoms with Crippen LogP contribution in [0.2, 0.25) is 5.02 Å². The average Bonchev–Trinajstić information content (AvgIpc) is 2.47. The smallest absolute Gasteiger partial charge is 0.123 e. The zero-order chi connectivity index (χ0) is 14.6. The Labute approximate surface area is 123 Å². The van der Waals surface area contributed by atoms with E-state index in [1.165, 1.54) is 12.1 Å². The van der Waals surface area contributed by atoms with Crippen LogP contribution in [0.5, 0.6) is 0 Å². The first-order valence-electron chi connectivity index (χ1n) is 6.50. The van der Waals surface area contributed by atoms with Crippen molar-refractivity contribution in [2.45, 2.75) is 18.9 Å². The maximum absolute atomic E-state index is 13.0. The molecule has 0 spiro atoms. The fourth-order valence-corrected chi connectivity index (χ4v) is 2.39. The summed E-state index contributed by atoms with van der Waals surface area (Å²) in [5, 5.41) is 13.8. The molecular formula is C16H17ClFNO. The SMILES string of the molecule is CCC(CO)(Nc1ccc(F)cc1)c1cccc(Cl)c1. The van der Waals surface area contributed by atoms with Crippen LogP contribution in [-0.4, -0.2) is 11.7 Å². The number of hydrogen-bond acceptors (Lipinski definition) is 2. The lowest BCUT2D eigenvalue weighted by molar-refractivity contribution is 0.207. The van der Waals surface area contributed by atoms with Crippen LogP contribution in [0, 0.1) is 5.82 Å². The summed E-state index contributed by atoms with van der Waals surface area (Å²) in [4.78, 5) is 0. The minimum atomic E-state index is -0.636. The molecule has 0 fully saturated rings. The summed E-state index contributed by atoms with van der Waals surface area (Å²) >= 11 is 6.03. The summed E-state index contributed by atoms with van der Waals surface area (Å²) in [6.45, 7) is 1.90. The fourth-order valence-electron chi connectivity index (χ4n) is 2.20. The van der Waals surface area contributed by atoms with E-state index >= 15 is 0 Å². The molecule has 2 N–H and O–H groups in total. The van der Waals surface area contributed by atoms with E-state index < -0.39 is 5.54 Å². The Morgan fingerprint density at radius 3 is 2.45 bits per heavy atom. The Morgan fingerprint density at radius 1 is 1.20 bits per heavy atom. The molecule has 0 aliphatic carbocycles. The van der Waals surface area contributed by atoms with E-state index in [1.54, 1.807) is 18.2 Å². The van der Waals surface area contributed by atoms with Gasteiger partial charge in [-0.15, -0.1) is 0 Å². The topological polar surface area (TPSA) is 32.3 Å². The van der Waals surface area contributed by atoms with Crippen molar-refractivity contribution in [1.82, 2.24) is 0 Å². The van der Waals surface area contributed by atoms with E-state index in [4.69, 9.17) is 11.6 Å². The lowest BCUT2D eigenvalue weighted by Crippen LogP contribution is -2.38. The van der Waals surface area contributed by atoms with Gasteiger partial charge in [0.1, 0.15) is 5.82 Å². The molecule has 2 rings (SSSR count). The summed E-state index contributed by atoms with van der Waals surface area (Å²) in [7, 11) is 0. The first kappa shape index (κ1) is 14.8.